The Morgan fingerprint density at radius 3 is 2.74 bits per heavy atom. The minimum Gasteiger partial charge on any atom is -0.493 e. The summed E-state index contributed by atoms with van der Waals surface area (Å²) in [5.74, 6) is 0.632. The Hall–Kier alpha value is -2.59. The molecule has 0 saturated heterocycles. The molecule has 140 valence electrons. The number of benzene rings is 2. The van der Waals surface area contributed by atoms with Gasteiger partial charge in [0.25, 0.3) is 5.91 Å². The van der Waals surface area contributed by atoms with Crippen molar-refractivity contribution in [2.24, 2.45) is 0 Å². The van der Waals surface area contributed by atoms with E-state index in [1.54, 1.807) is 6.07 Å². The second kappa shape index (κ2) is 8.87. The van der Waals surface area contributed by atoms with Gasteiger partial charge in [-0.2, -0.15) is 0 Å². The monoisotopic (exact) mass is 382 g/mol. The van der Waals surface area contributed by atoms with Gasteiger partial charge >= 0.3 is 0 Å². The SMILES string of the molecule is CCCCNC(=O)c1ccc2nc(-c3cccc(Cl)c3)cc(OCC)c2c1. The van der Waals surface area contributed by atoms with Crippen LogP contribution in [0.25, 0.3) is 22.2 Å². The molecule has 0 aliphatic rings. The Labute approximate surface area is 164 Å². The summed E-state index contributed by atoms with van der Waals surface area (Å²) in [6.45, 7) is 5.24. The fourth-order valence-corrected chi connectivity index (χ4v) is 3.08. The largest absolute Gasteiger partial charge is 0.493 e. The predicted octanol–water partition coefficient (Wildman–Crippen LogP) is 5.48. The summed E-state index contributed by atoms with van der Waals surface area (Å²) in [5, 5.41) is 4.43. The van der Waals surface area contributed by atoms with Gasteiger partial charge in [0.05, 0.1) is 17.8 Å². The lowest BCUT2D eigenvalue weighted by atomic mass is 10.1. The molecule has 0 bridgehead atoms. The highest BCUT2D eigenvalue weighted by molar-refractivity contribution is 6.30. The summed E-state index contributed by atoms with van der Waals surface area (Å²) < 4.78 is 5.84. The van der Waals surface area contributed by atoms with E-state index >= 15 is 0 Å². The molecular formula is C22H23ClN2O2. The smallest absolute Gasteiger partial charge is 0.251 e. The maximum Gasteiger partial charge on any atom is 0.251 e. The number of rotatable bonds is 7. The van der Waals surface area contributed by atoms with Crippen molar-refractivity contribution in [1.29, 1.82) is 0 Å². The van der Waals surface area contributed by atoms with Crippen LogP contribution < -0.4 is 10.1 Å². The summed E-state index contributed by atoms with van der Waals surface area (Å²) >= 11 is 6.12. The first kappa shape index (κ1) is 19.2. The van der Waals surface area contributed by atoms with Crippen LogP contribution in [-0.4, -0.2) is 24.0 Å². The van der Waals surface area contributed by atoms with E-state index in [9.17, 15) is 4.79 Å². The molecule has 5 heteroatoms. The Balaban J connectivity index is 2.02. The third kappa shape index (κ3) is 4.58. The highest BCUT2D eigenvalue weighted by Gasteiger charge is 2.12. The third-order valence-corrected chi connectivity index (χ3v) is 4.50. The highest BCUT2D eigenvalue weighted by Crippen LogP contribution is 2.31. The van der Waals surface area contributed by atoms with Crippen molar-refractivity contribution >= 4 is 28.4 Å². The lowest BCUT2D eigenvalue weighted by molar-refractivity contribution is 0.0953. The molecule has 0 atom stereocenters. The first-order valence-electron chi connectivity index (χ1n) is 9.24. The maximum absolute atomic E-state index is 12.4. The van der Waals surface area contributed by atoms with E-state index in [2.05, 4.69) is 12.2 Å². The van der Waals surface area contributed by atoms with E-state index in [1.165, 1.54) is 0 Å². The van der Waals surface area contributed by atoms with Crippen molar-refractivity contribution in [3.05, 3.63) is 59.1 Å². The maximum atomic E-state index is 12.4. The van der Waals surface area contributed by atoms with Crippen LogP contribution in [0.2, 0.25) is 5.02 Å². The van der Waals surface area contributed by atoms with Gasteiger partial charge in [0.2, 0.25) is 0 Å². The van der Waals surface area contributed by atoms with Crippen molar-refractivity contribution in [3.8, 4) is 17.0 Å². The molecule has 0 saturated carbocycles. The van der Waals surface area contributed by atoms with Crippen LogP contribution in [0.4, 0.5) is 0 Å². The van der Waals surface area contributed by atoms with Gasteiger partial charge in [-0.3, -0.25) is 4.79 Å². The molecule has 0 fully saturated rings. The number of hydrogen-bond acceptors (Lipinski definition) is 3. The molecule has 2 aromatic carbocycles. The van der Waals surface area contributed by atoms with Crippen LogP contribution in [0, 0.1) is 0 Å². The van der Waals surface area contributed by atoms with Crippen LogP contribution in [0.15, 0.2) is 48.5 Å². The van der Waals surface area contributed by atoms with Gasteiger partial charge in [-0.15, -0.1) is 0 Å². The van der Waals surface area contributed by atoms with Crippen LogP contribution in [-0.2, 0) is 0 Å². The topological polar surface area (TPSA) is 51.2 Å². The molecule has 1 heterocycles. The number of carbonyl (C=O) groups is 1. The summed E-state index contributed by atoms with van der Waals surface area (Å²) in [6.07, 6.45) is 2.01. The number of aromatic nitrogens is 1. The molecule has 0 aliphatic carbocycles. The Morgan fingerprint density at radius 1 is 1.15 bits per heavy atom. The number of fused-ring (bicyclic) bond motifs is 1. The molecule has 0 aliphatic heterocycles. The molecule has 27 heavy (non-hydrogen) atoms. The molecule has 0 unspecified atom stereocenters. The van der Waals surface area contributed by atoms with E-state index in [0.717, 1.165) is 35.0 Å². The van der Waals surface area contributed by atoms with Crippen molar-refractivity contribution in [2.75, 3.05) is 13.2 Å². The van der Waals surface area contributed by atoms with Gasteiger partial charge in [-0.1, -0.05) is 37.1 Å². The zero-order valence-corrected chi connectivity index (χ0v) is 16.3. The number of hydrogen-bond donors (Lipinski definition) is 1. The molecule has 0 radical (unpaired) electrons. The Bertz CT molecular complexity index is 956. The van der Waals surface area contributed by atoms with Crippen LogP contribution >= 0.6 is 11.6 Å². The lowest BCUT2D eigenvalue weighted by Crippen LogP contribution is -2.24. The van der Waals surface area contributed by atoms with E-state index < -0.39 is 0 Å². The minimum absolute atomic E-state index is 0.0771. The summed E-state index contributed by atoms with van der Waals surface area (Å²) in [6, 6.07) is 15.0. The van der Waals surface area contributed by atoms with Crippen molar-refractivity contribution in [2.45, 2.75) is 26.7 Å². The zero-order valence-electron chi connectivity index (χ0n) is 15.6. The fraction of sp³-hybridized carbons (Fsp3) is 0.273. The summed E-state index contributed by atoms with van der Waals surface area (Å²) in [5.41, 5.74) is 3.10. The van der Waals surface area contributed by atoms with Crippen molar-refractivity contribution in [3.63, 3.8) is 0 Å². The van der Waals surface area contributed by atoms with Gasteiger partial charge in [-0.05, 0) is 43.7 Å². The Morgan fingerprint density at radius 2 is 2.00 bits per heavy atom. The second-order valence-corrected chi connectivity index (χ2v) is 6.73. The number of amides is 1. The predicted molar refractivity (Wildman–Crippen MR) is 111 cm³/mol. The average Bonchev–Trinajstić information content (AvgIpc) is 2.68. The van der Waals surface area contributed by atoms with Gasteiger partial charge in [0.15, 0.2) is 0 Å². The standard InChI is InChI=1S/C22H23ClN2O2/c1-3-5-11-24-22(26)16-9-10-19-18(13-16)21(27-4-2)14-20(25-19)15-7-6-8-17(23)12-15/h6-10,12-14H,3-5,11H2,1-2H3,(H,24,26). The second-order valence-electron chi connectivity index (χ2n) is 6.29. The molecule has 4 nitrogen and oxygen atoms in total. The van der Waals surface area contributed by atoms with Crippen LogP contribution in [0.5, 0.6) is 5.75 Å². The average molecular weight is 383 g/mol. The quantitative estimate of drug-likeness (QED) is 0.550. The third-order valence-electron chi connectivity index (χ3n) is 4.27. The van der Waals surface area contributed by atoms with Gasteiger partial charge in [0, 0.05) is 34.1 Å². The van der Waals surface area contributed by atoms with Gasteiger partial charge in [0.1, 0.15) is 5.75 Å². The lowest BCUT2D eigenvalue weighted by Gasteiger charge is -2.12. The molecular weight excluding hydrogens is 360 g/mol. The zero-order chi connectivity index (χ0) is 19.2. The number of nitrogens with zero attached hydrogens (tertiary/aromatic N) is 1. The number of carbonyl (C=O) groups excluding carboxylic acids is 1. The Kier molecular flexibility index (Phi) is 6.30. The van der Waals surface area contributed by atoms with Gasteiger partial charge < -0.3 is 10.1 Å². The minimum atomic E-state index is -0.0771. The highest BCUT2D eigenvalue weighted by atomic mass is 35.5. The number of pyridine rings is 1. The number of halogens is 1. The first-order valence-corrected chi connectivity index (χ1v) is 9.62. The molecule has 0 spiro atoms. The van der Waals surface area contributed by atoms with Crippen LogP contribution in [0.3, 0.4) is 0 Å². The van der Waals surface area contributed by atoms with Crippen molar-refractivity contribution < 1.29 is 9.53 Å². The summed E-state index contributed by atoms with van der Waals surface area (Å²) in [4.78, 5) is 17.1. The molecule has 3 aromatic rings. The van der Waals surface area contributed by atoms with Crippen molar-refractivity contribution in [1.82, 2.24) is 10.3 Å². The fourth-order valence-electron chi connectivity index (χ4n) is 2.89. The molecule has 1 aromatic heterocycles. The molecule has 3 rings (SSSR count). The van der Waals surface area contributed by atoms with Crippen LogP contribution in [0.1, 0.15) is 37.0 Å². The molecule has 1 N–H and O–H groups in total. The number of nitrogens with one attached hydrogen (secondary N) is 1. The first-order chi connectivity index (χ1) is 13.1. The number of ether oxygens (including phenoxy) is 1. The number of unbranched alkanes of at least 4 members (excludes halogenated alkanes) is 1. The van der Waals surface area contributed by atoms with Gasteiger partial charge in [-0.25, -0.2) is 4.98 Å². The van der Waals surface area contributed by atoms with E-state index in [1.807, 2.05) is 49.4 Å². The normalized spacial score (nSPS) is 10.8. The van der Waals surface area contributed by atoms with E-state index in [-0.39, 0.29) is 5.91 Å². The summed E-state index contributed by atoms with van der Waals surface area (Å²) in [7, 11) is 0. The van der Waals surface area contributed by atoms with E-state index in [0.29, 0.717) is 29.5 Å². The van der Waals surface area contributed by atoms with E-state index in [4.69, 9.17) is 21.3 Å². The molecule has 1 amide bonds.